The van der Waals surface area contributed by atoms with Crippen molar-refractivity contribution in [2.24, 2.45) is 0 Å². The minimum absolute atomic E-state index is 0.0442. The first-order valence-corrected chi connectivity index (χ1v) is 26.5. The van der Waals surface area contributed by atoms with Gasteiger partial charge in [0.25, 0.3) is 0 Å². The lowest BCUT2D eigenvalue weighted by Gasteiger charge is -2.22. The van der Waals surface area contributed by atoms with Gasteiger partial charge in [-0.2, -0.15) is 0 Å². The maximum absolute atomic E-state index is 2.72. The molecule has 0 saturated carbocycles. The first-order chi connectivity index (χ1) is 34.6. The van der Waals surface area contributed by atoms with Crippen LogP contribution in [0.2, 0.25) is 0 Å². The van der Waals surface area contributed by atoms with E-state index in [-0.39, 0.29) is 16.2 Å². The Bertz CT molecular complexity index is 4780. The summed E-state index contributed by atoms with van der Waals surface area (Å²) in [5, 5.41) is 13.2. The second-order valence-corrected chi connectivity index (χ2v) is 24.9. The van der Waals surface area contributed by atoms with E-state index in [0.29, 0.717) is 0 Å². The van der Waals surface area contributed by atoms with Gasteiger partial charge in [-0.1, -0.05) is 153 Å². The Morgan fingerprint density at radius 2 is 0.917 bits per heavy atom. The summed E-state index contributed by atoms with van der Waals surface area (Å²) in [6, 6.07) is 65.1. The van der Waals surface area contributed by atoms with Gasteiger partial charge in [0.1, 0.15) is 0 Å². The van der Waals surface area contributed by atoms with Crippen molar-refractivity contribution < 1.29 is 0 Å². The van der Waals surface area contributed by atoms with Gasteiger partial charge in [0, 0.05) is 69.8 Å². The Morgan fingerprint density at radius 3 is 1.67 bits per heavy atom. The fourth-order valence-electron chi connectivity index (χ4n) is 12.6. The molecule has 0 atom stereocenters. The lowest BCUT2D eigenvalue weighted by Crippen LogP contribution is -2.11. The normalized spacial score (nSPS) is 13.3. The Morgan fingerprint density at radius 1 is 0.333 bits per heavy atom. The van der Waals surface area contributed by atoms with E-state index >= 15 is 0 Å². The van der Waals surface area contributed by atoms with E-state index in [1.807, 2.05) is 11.3 Å². The van der Waals surface area contributed by atoms with E-state index in [1.165, 1.54) is 146 Å². The predicted octanol–water partition coefficient (Wildman–Crippen LogP) is 19.5. The van der Waals surface area contributed by atoms with Crippen LogP contribution in [0, 0.1) is 0 Å². The van der Waals surface area contributed by atoms with E-state index in [2.05, 4.69) is 246 Å². The highest BCUT2D eigenvalue weighted by atomic mass is 32.1. The zero-order valence-corrected chi connectivity index (χ0v) is 43.2. The second-order valence-electron chi connectivity index (χ2n) is 23.8. The van der Waals surface area contributed by atoms with Crippen LogP contribution in [0.3, 0.4) is 0 Å². The average molecular weight is 946 g/mol. The fourth-order valence-corrected chi connectivity index (χ4v) is 13.8. The first kappa shape index (κ1) is 42.1. The Labute approximate surface area is 422 Å². The van der Waals surface area contributed by atoms with Gasteiger partial charge in [-0.25, -0.2) is 0 Å². The van der Waals surface area contributed by atoms with Crippen molar-refractivity contribution in [2.45, 2.75) is 78.6 Å². The summed E-state index contributed by atoms with van der Waals surface area (Å²) in [6.45, 7) is 21.3. The number of thiophene rings is 1. The van der Waals surface area contributed by atoms with Crippen molar-refractivity contribution in [1.82, 2.24) is 13.4 Å². The van der Waals surface area contributed by atoms with Crippen molar-refractivity contribution in [3.8, 4) is 27.9 Å². The number of fused-ring (bicyclic) bond motifs is 18. The summed E-state index contributed by atoms with van der Waals surface area (Å²) < 4.78 is 10.5. The SMILES string of the molecule is CC(C)(C)c1cc(-c2ccc3c(c2)c2ccccc2n3-c2cccc(-c3ccccc3)c2)c2c(c1)c1cc(C(C)(C)C)cc3c4ccc5c(c6cc(C(C)(C)C)cc7c8sc9ccccc9c8n5c76)c4n2c13. The molecule has 15 rings (SSSR count). The standard InChI is InChI=1S/C68H55N3S/c1-66(2,3)41-32-48(40-26-28-56-49(31-40)45-22-13-15-24-55(45)69(56)44-21-17-20-39(30-44)38-18-11-10-12-19-38)60-51(34-41)52-35-42(67(4,5)6)33-50-46-27-29-57-59(63(46)71(60)61(50)52)53-36-43(68(7,8)9)37-54-62(53)70(57)64-47-23-14-16-25-58(47)72-65(54)64/h10-37H,1-9H3. The van der Waals surface area contributed by atoms with Crippen molar-refractivity contribution in [1.29, 1.82) is 0 Å². The lowest BCUT2D eigenvalue weighted by molar-refractivity contribution is 0.591. The number of benzene rings is 9. The molecule has 0 aliphatic rings. The molecule has 0 aliphatic carbocycles. The highest BCUT2D eigenvalue weighted by Gasteiger charge is 2.31. The van der Waals surface area contributed by atoms with Gasteiger partial charge in [-0.15, -0.1) is 11.3 Å². The van der Waals surface area contributed by atoms with E-state index < -0.39 is 0 Å². The summed E-state index contributed by atoms with van der Waals surface area (Å²) in [7, 11) is 0. The Hall–Kier alpha value is -7.66. The summed E-state index contributed by atoms with van der Waals surface area (Å²) in [6.07, 6.45) is 0. The highest BCUT2D eigenvalue weighted by molar-refractivity contribution is 7.26. The number of aromatic nitrogens is 3. The Balaban J connectivity index is 1.11. The molecular formula is C68H55N3S. The maximum atomic E-state index is 2.72. The zero-order valence-electron chi connectivity index (χ0n) is 42.4. The van der Waals surface area contributed by atoms with Gasteiger partial charge in [-0.3, -0.25) is 0 Å². The van der Waals surface area contributed by atoms with Crippen LogP contribution < -0.4 is 0 Å². The molecule has 0 saturated heterocycles. The van der Waals surface area contributed by atoms with Gasteiger partial charge in [0.05, 0.1) is 48.8 Å². The topological polar surface area (TPSA) is 13.8 Å². The van der Waals surface area contributed by atoms with Crippen molar-refractivity contribution in [3.05, 3.63) is 187 Å². The predicted molar refractivity (Wildman–Crippen MR) is 312 cm³/mol. The van der Waals surface area contributed by atoms with Gasteiger partial charge in [0.2, 0.25) is 0 Å². The third kappa shape index (κ3) is 5.62. The fraction of sp³-hybridized carbons (Fsp3) is 0.176. The van der Waals surface area contributed by atoms with Crippen LogP contribution in [0.25, 0.3) is 135 Å². The van der Waals surface area contributed by atoms with E-state index in [4.69, 9.17) is 0 Å². The van der Waals surface area contributed by atoms with Crippen LogP contribution in [-0.4, -0.2) is 13.4 Å². The quantitative estimate of drug-likeness (QED) is 0.168. The molecule has 0 amide bonds. The third-order valence-electron chi connectivity index (χ3n) is 16.3. The molecule has 0 bridgehead atoms. The molecule has 0 radical (unpaired) electrons. The molecule has 0 spiro atoms. The third-order valence-corrected chi connectivity index (χ3v) is 17.5. The minimum atomic E-state index is -0.0911. The summed E-state index contributed by atoms with van der Waals surface area (Å²) in [4.78, 5) is 0. The minimum Gasteiger partial charge on any atom is -0.309 e. The summed E-state index contributed by atoms with van der Waals surface area (Å²) >= 11 is 1.94. The molecule has 3 nitrogen and oxygen atoms in total. The van der Waals surface area contributed by atoms with Gasteiger partial charge in [0.15, 0.2) is 0 Å². The maximum Gasteiger partial charge on any atom is 0.0728 e. The van der Waals surface area contributed by atoms with Crippen molar-refractivity contribution in [2.75, 3.05) is 0 Å². The largest absolute Gasteiger partial charge is 0.309 e. The van der Waals surface area contributed by atoms with Crippen LogP contribution >= 0.6 is 11.3 Å². The number of hydrogen-bond acceptors (Lipinski definition) is 1. The van der Waals surface area contributed by atoms with Crippen LogP contribution in [-0.2, 0) is 16.2 Å². The number of hydrogen-bond donors (Lipinski definition) is 0. The van der Waals surface area contributed by atoms with Crippen LogP contribution in [0.4, 0.5) is 0 Å². The monoisotopic (exact) mass is 945 g/mol. The summed E-state index contributed by atoms with van der Waals surface area (Å²) in [5.41, 5.74) is 20.2. The Kier molecular flexibility index (Phi) is 8.21. The van der Waals surface area contributed by atoms with E-state index in [9.17, 15) is 0 Å². The van der Waals surface area contributed by atoms with Crippen LogP contribution in [0.1, 0.15) is 79.0 Å². The highest BCUT2D eigenvalue weighted by Crippen LogP contribution is 2.52. The smallest absolute Gasteiger partial charge is 0.0728 e. The van der Waals surface area contributed by atoms with Gasteiger partial charge in [-0.05, 0) is 128 Å². The first-order valence-electron chi connectivity index (χ1n) is 25.7. The molecule has 0 unspecified atom stereocenters. The lowest BCUT2D eigenvalue weighted by atomic mass is 9.83. The van der Waals surface area contributed by atoms with Crippen LogP contribution in [0.5, 0.6) is 0 Å². The number of nitrogens with zero attached hydrogens (tertiary/aromatic N) is 3. The van der Waals surface area contributed by atoms with E-state index in [0.717, 1.165) is 5.69 Å². The van der Waals surface area contributed by atoms with Gasteiger partial charge >= 0.3 is 0 Å². The molecule has 9 aromatic carbocycles. The van der Waals surface area contributed by atoms with E-state index in [1.54, 1.807) is 0 Å². The number of para-hydroxylation sites is 1. The molecular weight excluding hydrogens is 891 g/mol. The molecule has 348 valence electrons. The second kappa shape index (κ2) is 14.1. The summed E-state index contributed by atoms with van der Waals surface area (Å²) in [5.74, 6) is 0. The molecule has 0 fully saturated rings. The molecule has 0 N–H and O–H groups in total. The molecule has 72 heavy (non-hydrogen) atoms. The molecule has 4 heteroatoms. The average Bonchev–Trinajstić information content (AvgIpc) is 4.22. The molecule has 15 aromatic rings. The molecule has 6 aromatic heterocycles. The van der Waals surface area contributed by atoms with Crippen LogP contribution in [0.15, 0.2) is 170 Å². The van der Waals surface area contributed by atoms with Gasteiger partial charge < -0.3 is 13.4 Å². The van der Waals surface area contributed by atoms with Crippen molar-refractivity contribution >= 4 is 119 Å². The number of rotatable bonds is 3. The molecule has 6 heterocycles. The molecule has 0 aliphatic heterocycles. The van der Waals surface area contributed by atoms with Crippen molar-refractivity contribution in [3.63, 3.8) is 0 Å². The zero-order chi connectivity index (χ0) is 48.9.